The van der Waals surface area contributed by atoms with Crippen LogP contribution >= 0.6 is 11.6 Å². The molecule has 0 aromatic carbocycles. The highest BCUT2D eigenvalue weighted by Gasteiger charge is 2.18. The van der Waals surface area contributed by atoms with Crippen LogP contribution in [0.5, 0.6) is 0 Å². The molecule has 1 amide bonds. The molecule has 0 saturated carbocycles. The molecule has 32 heavy (non-hydrogen) atoms. The smallest absolute Gasteiger partial charge is 0.254 e. The molecule has 3 N–H and O–H groups in total. The highest BCUT2D eigenvalue weighted by Crippen LogP contribution is 2.28. The van der Waals surface area contributed by atoms with Crippen LogP contribution in [0.3, 0.4) is 0 Å². The van der Waals surface area contributed by atoms with Gasteiger partial charge in [0.05, 0.1) is 57.4 Å². The summed E-state index contributed by atoms with van der Waals surface area (Å²) in [5.41, 5.74) is 2.65. The van der Waals surface area contributed by atoms with Crippen LogP contribution in [0, 0.1) is 0 Å². The molecule has 0 aliphatic heterocycles. The monoisotopic (exact) mass is 454 g/mol. The molecule has 0 radical (unpaired) electrons. The third-order valence-corrected chi connectivity index (χ3v) is 4.95. The highest BCUT2D eigenvalue weighted by molar-refractivity contribution is 6.30. The molecule has 0 fully saturated rings. The zero-order valence-corrected chi connectivity index (χ0v) is 18.6. The Bertz CT molecular complexity index is 1270. The van der Waals surface area contributed by atoms with E-state index in [0.717, 1.165) is 5.69 Å². The molecule has 11 heteroatoms. The number of nitrogens with zero attached hydrogens (tertiary/aromatic N) is 6. The molecule has 4 rings (SSSR count). The van der Waals surface area contributed by atoms with E-state index in [0.29, 0.717) is 46.1 Å². The van der Waals surface area contributed by atoms with E-state index in [1.807, 2.05) is 7.05 Å². The maximum absolute atomic E-state index is 12.9. The molecule has 0 atom stereocenters. The number of hydrogen-bond donors (Lipinski definition) is 3. The van der Waals surface area contributed by atoms with Gasteiger partial charge in [0, 0.05) is 32.2 Å². The highest BCUT2D eigenvalue weighted by atomic mass is 35.5. The van der Waals surface area contributed by atoms with Gasteiger partial charge >= 0.3 is 0 Å². The number of hydrogen-bond acceptors (Lipinski definition) is 7. The number of fused-ring (bicyclic) bond motifs is 1. The molecule has 0 saturated heterocycles. The van der Waals surface area contributed by atoms with E-state index in [2.05, 4.69) is 30.8 Å². The number of aliphatic hydroxyl groups is 1. The van der Waals surface area contributed by atoms with Gasteiger partial charge in [-0.05, 0) is 26.3 Å². The minimum absolute atomic E-state index is 0.301. The van der Waals surface area contributed by atoms with Crippen molar-refractivity contribution in [1.82, 2.24) is 34.7 Å². The normalized spacial score (nSPS) is 11.7. The first kappa shape index (κ1) is 21.7. The van der Waals surface area contributed by atoms with Crippen molar-refractivity contribution in [2.24, 2.45) is 7.05 Å². The average molecular weight is 455 g/mol. The number of amides is 1. The molecule has 4 aromatic rings. The average Bonchev–Trinajstić information content (AvgIpc) is 3.32. The Hall–Kier alpha value is -3.50. The summed E-state index contributed by atoms with van der Waals surface area (Å²) in [7, 11) is 1.81. The second-order valence-electron chi connectivity index (χ2n) is 8.06. The van der Waals surface area contributed by atoms with Gasteiger partial charge < -0.3 is 15.7 Å². The topological polar surface area (TPSA) is 122 Å². The van der Waals surface area contributed by atoms with Crippen molar-refractivity contribution in [2.45, 2.75) is 25.9 Å². The summed E-state index contributed by atoms with van der Waals surface area (Å²) in [6.07, 6.45) is 10.2. The predicted octanol–water partition coefficient (Wildman–Crippen LogP) is 2.81. The van der Waals surface area contributed by atoms with Crippen LogP contribution in [-0.2, 0) is 7.05 Å². The molecule has 0 bridgehead atoms. The van der Waals surface area contributed by atoms with Gasteiger partial charge in [0.25, 0.3) is 5.91 Å². The minimum atomic E-state index is -0.869. The SMILES string of the molecule is Cn1cc(Nc2cc(-c3cnn4cc(Cl)cnc34)ncc2C(=O)NCCC(C)(C)O)cn1. The number of carbonyl (C=O) groups excluding carboxylic acids is 1. The van der Waals surface area contributed by atoms with Crippen LogP contribution in [0.1, 0.15) is 30.6 Å². The maximum atomic E-state index is 12.9. The summed E-state index contributed by atoms with van der Waals surface area (Å²) in [6.45, 7) is 3.72. The Morgan fingerprint density at radius 2 is 1.97 bits per heavy atom. The molecule has 166 valence electrons. The Morgan fingerprint density at radius 3 is 2.69 bits per heavy atom. The lowest BCUT2D eigenvalue weighted by Gasteiger charge is -2.17. The zero-order chi connectivity index (χ0) is 22.9. The molecule has 0 unspecified atom stereocenters. The number of pyridine rings is 1. The van der Waals surface area contributed by atoms with Crippen LogP contribution in [0.2, 0.25) is 5.02 Å². The number of anilines is 2. The second kappa shape index (κ2) is 8.56. The lowest BCUT2D eigenvalue weighted by Crippen LogP contribution is -2.31. The fourth-order valence-electron chi connectivity index (χ4n) is 3.14. The molecule has 4 aromatic heterocycles. The van der Waals surface area contributed by atoms with E-state index in [9.17, 15) is 9.90 Å². The van der Waals surface area contributed by atoms with Gasteiger partial charge in [0.15, 0.2) is 5.65 Å². The fraction of sp³-hybridized carbons (Fsp3) is 0.286. The van der Waals surface area contributed by atoms with Crippen molar-refractivity contribution >= 4 is 34.5 Å². The van der Waals surface area contributed by atoms with Gasteiger partial charge in [-0.3, -0.25) is 14.5 Å². The van der Waals surface area contributed by atoms with Gasteiger partial charge in [0.1, 0.15) is 0 Å². The Morgan fingerprint density at radius 1 is 1.16 bits per heavy atom. The molecule has 0 aliphatic rings. The molecule has 0 spiro atoms. The number of rotatable bonds is 7. The van der Waals surface area contributed by atoms with Gasteiger partial charge in [-0.1, -0.05) is 11.6 Å². The minimum Gasteiger partial charge on any atom is -0.390 e. The summed E-state index contributed by atoms with van der Waals surface area (Å²) < 4.78 is 3.23. The maximum Gasteiger partial charge on any atom is 0.254 e. The molecule has 10 nitrogen and oxygen atoms in total. The Kier molecular flexibility index (Phi) is 5.81. The predicted molar refractivity (Wildman–Crippen MR) is 121 cm³/mol. The summed E-state index contributed by atoms with van der Waals surface area (Å²) in [6, 6.07) is 1.77. The Labute approximate surface area is 189 Å². The van der Waals surface area contributed by atoms with Gasteiger partial charge in [-0.2, -0.15) is 10.2 Å². The summed E-state index contributed by atoms with van der Waals surface area (Å²) in [5.74, 6) is -0.301. The quantitative estimate of drug-likeness (QED) is 0.392. The van der Waals surface area contributed by atoms with Crippen molar-refractivity contribution in [3.8, 4) is 11.3 Å². The van der Waals surface area contributed by atoms with Crippen LogP contribution in [-0.4, -0.2) is 52.5 Å². The lowest BCUT2D eigenvalue weighted by molar-refractivity contribution is 0.0693. The summed E-state index contributed by atoms with van der Waals surface area (Å²) in [4.78, 5) is 21.7. The molecular weight excluding hydrogens is 432 g/mol. The van der Waals surface area contributed by atoms with Gasteiger partial charge in [-0.15, -0.1) is 0 Å². The van der Waals surface area contributed by atoms with Crippen LogP contribution in [0.4, 0.5) is 11.4 Å². The van der Waals surface area contributed by atoms with Crippen molar-refractivity contribution in [2.75, 3.05) is 11.9 Å². The number of aryl methyl sites for hydroxylation is 1. The number of aromatic nitrogens is 6. The lowest BCUT2D eigenvalue weighted by atomic mass is 10.1. The summed E-state index contributed by atoms with van der Waals surface area (Å²) >= 11 is 6.00. The zero-order valence-electron chi connectivity index (χ0n) is 17.9. The molecule has 0 aliphatic carbocycles. The van der Waals surface area contributed by atoms with Crippen LogP contribution < -0.4 is 10.6 Å². The third-order valence-electron chi connectivity index (χ3n) is 4.76. The first-order valence-corrected chi connectivity index (χ1v) is 10.3. The Balaban J connectivity index is 1.69. The fourth-order valence-corrected chi connectivity index (χ4v) is 3.28. The number of carbonyl (C=O) groups is 1. The van der Waals surface area contributed by atoms with E-state index in [-0.39, 0.29) is 5.91 Å². The third kappa shape index (κ3) is 4.87. The first-order valence-electron chi connectivity index (χ1n) is 9.95. The van der Waals surface area contributed by atoms with Crippen molar-refractivity contribution < 1.29 is 9.90 Å². The van der Waals surface area contributed by atoms with Gasteiger partial charge in [0.2, 0.25) is 0 Å². The van der Waals surface area contributed by atoms with E-state index in [1.165, 1.54) is 6.20 Å². The van der Waals surface area contributed by atoms with Gasteiger partial charge in [-0.25, -0.2) is 9.50 Å². The van der Waals surface area contributed by atoms with Crippen LogP contribution in [0.25, 0.3) is 16.9 Å². The summed E-state index contributed by atoms with van der Waals surface area (Å²) in [5, 5.41) is 24.9. The van der Waals surface area contributed by atoms with E-state index in [1.54, 1.807) is 60.1 Å². The van der Waals surface area contributed by atoms with Crippen molar-refractivity contribution in [3.63, 3.8) is 0 Å². The standard InChI is InChI=1S/C21H23ClN8O2/c1-21(2,32)4-5-23-20(31)16-9-24-17(6-18(16)28-14-8-26-29(3)12-14)15-10-27-30-11-13(22)7-25-19(15)30/h6-12,32H,4-5H2,1-3H3,(H,23,31)(H,24,28). The van der Waals surface area contributed by atoms with E-state index >= 15 is 0 Å². The van der Waals surface area contributed by atoms with E-state index < -0.39 is 5.60 Å². The second-order valence-corrected chi connectivity index (χ2v) is 8.50. The largest absolute Gasteiger partial charge is 0.390 e. The first-order chi connectivity index (χ1) is 15.2. The van der Waals surface area contributed by atoms with E-state index in [4.69, 9.17) is 11.6 Å². The number of nitrogens with one attached hydrogen (secondary N) is 2. The molecular formula is C21H23ClN8O2. The van der Waals surface area contributed by atoms with Crippen molar-refractivity contribution in [3.05, 3.63) is 53.8 Å². The number of halogens is 1. The van der Waals surface area contributed by atoms with Crippen molar-refractivity contribution in [1.29, 1.82) is 0 Å². The van der Waals surface area contributed by atoms with Crippen LogP contribution in [0.15, 0.2) is 43.2 Å². The molecule has 4 heterocycles.